The van der Waals surface area contributed by atoms with Gasteiger partial charge in [0.15, 0.2) is 11.1 Å². The van der Waals surface area contributed by atoms with Crippen LogP contribution in [0.3, 0.4) is 0 Å². The number of hydrogen-bond acceptors (Lipinski definition) is 5. The number of anilines is 1. The van der Waals surface area contributed by atoms with Crippen molar-refractivity contribution in [2.24, 2.45) is 4.99 Å². The summed E-state index contributed by atoms with van der Waals surface area (Å²) in [7, 11) is 0. The van der Waals surface area contributed by atoms with E-state index in [1.807, 2.05) is 42.5 Å². The number of carbonyl (C=O) groups excluding carboxylic acids is 1. The molecule has 2 saturated heterocycles. The van der Waals surface area contributed by atoms with Crippen molar-refractivity contribution < 1.29 is 9.21 Å². The summed E-state index contributed by atoms with van der Waals surface area (Å²) in [5.74, 6) is 1.43. The maximum absolute atomic E-state index is 12.2. The van der Waals surface area contributed by atoms with Crippen LogP contribution in [-0.2, 0) is 4.79 Å². The van der Waals surface area contributed by atoms with Gasteiger partial charge >= 0.3 is 0 Å². The van der Waals surface area contributed by atoms with Crippen LogP contribution in [0.15, 0.2) is 56.8 Å². The highest BCUT2D eigenvalue weighted by Crippen LogP contribution is 2.30. The van der Waals surface area contributed by atoms with Gasteiger partial charge in [-0.15, -0.1) is 0 Å². The molecule has 0 saturated carbocycles. The van der Waals surface area contributed by atoms with Crippen molar-refractivity contribution in [3.8, 4) is 0 Å². The quantitative estimate of drug-likeness (QED) is 0.842. The molecule has 1 N–H and O–H groups in total. The molecule has 5 nitrogen and oxygen atoms in total. The molecule has 128 valence electrons. The number of nitrogens with one attached hydrogen (secondary N) is 1. The van der Waals surface area contributed by atoms with Crippen LogP contribution in [0.2, 0.25) is 0 Å². The topological polar surface area (TPSA) is 57.8 Å². The van der Waals surface area contributed by atoms with E-state index in [0.717, 1.165) is 24.7 Å². The van der Waals surface area contributed by atoms with E-state index in [9.17, 15) is 4.79 Å². The van der Waals surface area contributed by atoms with E-state index in [1.165, 1.54) is 31.0 Å². The molecule has 3 heterocycles. The van der Waals surface area contributed by atoms with Crippen LogP contribution in [0.5, 0.6) is 0 Å². The van der Waals surface area contributed by atoms with Crippen LogP contribution in [0.1, 0.15) is 25.0 Å². The fourth-order valence-electron chi connectivity index (χ4n) is 2.93. The third-order valence-corrected chi connectivity index (χ3v) is 5.10. The zero-order chi connectivity index (χ0) is 17.1. The van der Waals surface area contributed by atoms with Gasteiger partial charge in [-0.1, -0.05) is 18.2 Å². The highest BCUT2D eigenvalue weighted by molar-refractivity contribution is 8.18. The number of hydrogen-bond donors (Lipinski definition) is 1. The van der Waals surface area contributed by atoms with E-state index in [1.54, 1.807) is 6.08 Å². The second kappa shape index (κ2) is 7.19. The summed E-state index contributed by atoms with van der Waals surface area (Å²) >= 11 is 1.33. The number of furan rings is 1. The summed E-state index contributed by atoms with van der Waals surface area (Å²) in [6.45, 7) is 2.07. The first-order valence-electron chi connectivity index (χ1n) is 8.47. The molecule has 2 aromatic rings. The Morgan fingerprint density at radius 2 is 1.88 bits per heavy atom. The third-order valence-electron chi connectivity index (χ3n) is 4.19. The molecule has 0 radical (unpaired) electrons. The molecule has 1 amide bonds. The second-order valence-corrected chi connectivity index (χ2v) is 7.07. The van der Waals surface area contributed by atoms with Crippen LogP contribution >= 0.6 is 11.8 Å². The van der Waals surface area contributed by atoms with Gasteiger partial charge in [0.25, 0.3) is 5.91 Å². The normalized spacial score (nSPS) is 21.1. The van der Waals surface area contributed by atoms with Gasteiger partial charge in [-0.05, 0) is 49.2 Å². The zero-order valence-corrected chi connectivity index (χ0v) is 14.6. The van der Waals surface area contributed by atoms with E-state index < -0.39 is 0 Å². The number of amides is 1. The molecule has 0 atom stereocenters. The Labute approximate surface area is 150 Å². The van der Waals surface area contributed by atoms with Crippen molar-refractivity contribution in [3.63, 3.8) is 0 Å². The zero-order valence-electron chi connectivity index (χ0n) is 13.8. The van der Waals surface area contributed by atoms with Crippen LogP contribution < -0.4 is 10.2 Å². The number of para-hydroxylation sites is 1. The van der Waals surface area contributed by atoms with Gasteiger partial charge < -0.3 is 14.6 Å². The lowest BCUT2D eigenvalue weighted by Gasteiger charge is -2.25. The number of aliphatic imine (C=N–C) groups is 1. The molecule has 25 heavy (non-hydrogen) atoms. The number of benzene rings is 1. The Morgan fingerprint density at radius 1 is 1.08 bits per heavy atom. The monoisotopic (exact) mass is 353 g/mol. The summed E-state index contributed by atoms with van der Waals surface area (Å²) in [5.41, 5.74) is 0.817. The first-order chi connectivity index (χ1) is 12.3. The maximum Gasteiger partial charge on any atom is 0.264 e. The second-order valence-electron chi connectivity index (χ2n) is 6.04. The first kappa shape index (κ1) is 16.0. The first-order valence-corrected chi connectivity index (χ1v) is 9.29. The van der Waals surface area contributed by atoms with Crippen molar-refractivity contribution in [1.29, 1.82) is 0 Å². The van der Waals surface area contributed by atoms with Crippen LogP contribution in [0.25, 0.3) is 6.08 Å². The highest BCUT2D eigenvalue weighted by Gasteiger charge is 2.24. The summed E-state index contributed by atoms with van der Waals surface area (Å²) in [6, 6.07) is 13.5. The lowest BCUT2D eigenvalue weighted by atomic mass is 10.1. The minimum atomic E-state index is -0.143. The third kappa shape index (κ3) is 3.79. The molecule has 0 spiro atoms. The molecule has 0 unspecified atom stereocenters. The molecular weight excluding hydrogens is 334 g/mol. The predicted molar refractivity (Wildman–Crippen MR) is 102 cm³/mol. The van der Waals surface area contributed by atoms with E-state index >= 15 is 0 Å². The van der Waals surface area contributed by atoms with Crippen molar-refractivity contribution in [2.45, 2.75) is 19.3 Å². The molecule has 2 fully saturated rings. The van der Waals surface area contributed by atoms with Gasteiger partial charge in [-0.3, -0.25) is 4.79 Å². The van der Waals surface area contributed by atoms with Gasteiger partial charge in [0.05, 0.1) is 10.6 Å². The lowest BCUT2D eigenvalue weighted by Crippen LogP contribution is -2.28. The fraction of sp³-hybridized carbons (Fsp3) is 0.263. The number of nitrogens with zero attached hydrogens (tertiary/aromatic N) is 2. The Balaban J connectivity index is 1.49. The number of piperidine rings is 1. The highest BCUT2D eigenvalue weighted by atomic mass is 32.2. The molecule has 2 aliphatic rings. The van der Waals surface area contributed by atoms with Crippen LogP contribution in [-0.4, -0.2) is 24.2 Å². The van der Waals surface area contributed by atoms with Crippen LogP contribution in [0.4, 0.5) is 11.6 Å². The Kier molecular flexibility index (Phi) is 4.61. The van der Waals surface area contributed by atoms with Crippen LogP contribution in [0, 0.1) is 0 Å². The number of thioether (sulfide) groups is 1. The smallest absolute Gasteiger partial charge is 0.264 e. The maximum atomic E-state index is 12.2. The lowest BCUT2D eigenvalue weighted by molar-refractivity contribution is -0.115. The van der Waals surface area contributed by atoms with Crippen molar-refractivity contribution in [3.05, 3.63) is 53.1 Å². The molecule has 4 rings (SSSR count). The summed E-state index contributed by atoms with van der Waals surface area (Å²) < 4.78 is 5.90. The molecule has 6 heteroatoms. The van der Waals surface area contributed by atoms with Gasteiger partial charge in [0.2, 0.25) is 0 Å². The molecule has 0 aliphatic carbocycles. The number of rotatable bonds is 3. The molecule has 1 aromatic carbocycles. The summed E-state index contributed by atoms with van der Waals surface area (Å²) in [5, 5.41) is 3.38. The average molecular weight is 353 g/mol. The van der Waals surface area contributed by atoms with E-state index in [-0.39, 0.29) is 5.91 Å². The van der Waals surface area contributed by atoms with Crippen molar-refractivity contribution in [1.82, 2.24) is 5.32 Å². The van der Waals surface area contributed by atoms with E-state index in [2.05, 4.69) is 15.2 Å². The fourth-order valence-corrected chi connectivity index (χ4v) is 3.76. The van der Waals surface area contributed by atoms with Gasteiger partial charge in [-0.25, -0.2) is 4.99 Å². The minimum absolute atomic E-state index is 0.143. The Hall–Kier alpha value is -2.47. The van der Waals surface area contributed by atoms with Gasteiger partial charge in [0.1, 0.15) is 5.76 Å². The SMILES string of the molecule is O=C1NC(=Nc2ccccc2)SC1=Cc1ccc(N2CCCCC2)o1. The Morgan fingerprint density at radius 3 is 2.68 bits per heavy atom. The Bertz CT molecular complexity index is 820. The molecular formula is C19H19N3O2S. The van der Waals surface area contributed by atoms with Gasteiger partial charge in [-0.2, -0.15) is 0 Å². The standard InChI is InChI=1S/C19H19N3O2S/c23-18-16(25-19(21-18)20-14-7-3-1-4-8-14)13-15-9-10-17(24-15)22-11-5-2-6-12-22/h1,3-4,7-10,13H,2,5-6,11-12H2,(H,20,21,23). The molecule has 0 bridgehead atoms. The summed E-state index contributed by atoms with van der Waals surface area (Å²) in [4.78, 5) is 19.5. The minimum Gasteiger partial charge on any atom is -0.441 e. The van der Waals surface area contributed by atoms with Crippen molar-refractivity contribution >= 4 is 40.5 Å². The largest absolute Gasteiger partial charge is 0.441 e. The number of carbonyl (C=O) groups is 1. The van der Waals surface area contributed by atoms with Crippen molar-refractivity contribution in [2.75, 3.05) is 18.0 Å². The molecule has 2 aliphatic heterocycles. The number of amidine groups is 1. The van der Waals surface area contributed by atoms with E-state index in [0.29, 0.717) is 15.8 Å². The average Bonchev–Trinajstić information content (AvgIpc) is 3.24. The predicted octanol–water partition coefficient (Wildman–Crippen LogP) is 4.16. The van der Waals surface area contributed by atoms with E-state index in [4.69, 9.17) is 4.42 Å². The van der Waals surface area contributed by atoms with Gasteiger partial charge in [0, 0.05) is 25.2 Å². The summed E-state index contributed by atoms with van der Waals surface area (Å²) in [6.07, 6.45) is 5.47. The molecule has 1 aromatic heterocycles.